The Morgan fingerprint density at radius 3 is 2.93 bits per heavy atom. The molecule has 6 heteroatoms. The summed E-state index contributed by atoms with van der Waals surface area (Å²) < 4.78 is 6.55. The lowest BCUT2D eigenvalue weighted by atomic mass is 10.0. The number of hydrogen-bond donors (Lipinski definition) is 2. The van der Waals surface area contributed by atoms with Crippen LogP contribution in [0.15, 0.2) is 6.20 Å². The molecule has 0 aliphatic heterocycles. The molecule has 1 heterocycles. The highest BCUT2D eigenvalue weighted by atomic mass is 35.5. The molecule has 1 unspecified atom stereocenters. The third-order valence-electron chi connectivity index (χ3n) is 2.21. The molecule has 0 saturated heterocycles. The van der Waals surface area contributed by atoms with Crippen LogP contribution >= 0.6 is 11.6 Å². The van der Waals surface area contributed by atoms with Crippen LogP contribution in [0.5, 0.6) is 0 Å². The molecule has 1 aromatic heterocycles. The normalized spacial score (nSPS) is 15.3. The first kappa shape index (κ1) is 12.4. The Kier molecular flexibility index (Phi) is 4.10. The fourth-order valence-electron chi connectivity index (χ4n) is 1.34. The summed E-state index contributed by atoms with van der Waals surface area (Å²) in [5.41, 5.74) is 4.85. The van der Waals surface area contributed by atoms with Gasteiger partial charge in [-0.25, -0.2) is 0 Å². The van der Waals surface area contributed by atoms with Crippen LogP contribution in [0.1, 0.15) is 12.6 Å². The Balaban J connectivity index is 2.98. The maximum Gasteiger partial charge on any atom is 0.117 e. The van der Waals surface area contributed by atoms with E-state index in [4.69, 9.17) is 22.1 Å². The zero-order chi connectivity index (χ0) is 11.5. The Hall–Kier alpha value is -0.620. The van der Waals surface area contributed by atoms with Crippen LogP contribution in [0.2, 0.25) is 5.02 Å². The van der Waals surface area contributed by atoms with Crippen molar-refractivity contribution in [3.05, 3.63) is 16.9 Å². The molecule has 0 amide bonds. The minimum atomic E-state index is -1.17. The molecule has 0 saturated carbocycles. The summed E-state index contributed by atoms with van der Waals surface area (Å²) in [6, 6.07) is 0. The summed E-state index contributed by atoms with van der Waals surface area (Å²) in [7, 11) is 1.60. The van der Waals surface area contributed by atoms with Crippen LogP contribution in [-0.2, 0) is 16.9 Å². The lowest BCUT2D eigenvalue weighted by molar-refractivity contribution is 0.0550. The third kappa shape index (κ3) is 2.69. The number of hydrogen-bond acceptors (Lipinski definition) is 4. The highest BCUT2D eigenvalue weighted by Gasteiger charge is 2.28. The summed E-state index contributed by atoms with van der Waals surface area (Å²) in [6.45, 7) is 2.74. The molecule has 0 aliphatic carbocycles. The minimum absolute atomic E-state index is 0.0887. The van der Waals surface area contributed by atoms with Gasteiger partial charge in [-0.05, 0) is 6.92 Å². The molecule has 5 nitrogen and oxygen atoms in total. The van der Waals surface area contributed by atoms with Gasteiger partial charge in [0.05, 0.1) is 30.1 Å². The van der Waals surface area contributed by atoms with Crippen molar-refractivity contribution < 1.29 is 9.84 Å². The molecule has 1 aromatic rings. The quantitative estimate of drug-likeness (QED) is 0.770. The molecule has 0 aromatic carbocycles. The first-order chi connectivity index (χ1) is 7.03. The van der Waals surface area contributed by atoms with Crippen molar-refractivity contribution in [2.45, 2.75) is 19.1 Å². The zero-order valence-electron chi connectivity index (χ0n) is 8.90. The average molecular weight is 234 g/mol. The van der Waals surface area contributed by atoms with Crippen LogP contribution in [-0.4, -0.2) is 35.1 Å². The summed E-state index contributed by atoms with van der Waals surface area (Å²) in [5, 5.41) is 14.5. The molecule has 1 atom stereocenters. The van der Waals surface area contributed by atoms with Crippen molar-refractivity contribution in [1.29, 1.82) is 0 Å². The van der Waals surface area contributed by atoms with Crippen LogP contribution < -0.4 is 5.73 Å². The fraction of sp³-hybridized carbons (Fsp3) is 0.667. The van der Waals surface area contributed by atoms with E-state index in [9.17, 15) is 5.11 Å². The number of aromatic nitrogens is 2. The molecule has 86 valence electrons. The predicted molar refractivity (Wildman–Crippen MR) is 57.7 cm³/mol. The number of aliphatic hydroxyl groups is 1. The van der Waals surface area contributed by atoms with Gasteiger partial charge in [0, 0.05) is 13.7 Å². The van der Waals surface area contributed by atoms with E-state index in [0.29, 0.717) is 23.9 Å². The number of nitrogens with two attached hydrogens (primary N) is 1. The van der Waals surface area contributed by atoms with Crippen molar-refractivity contribution >= 4 is 11.6 Å². The highest BCUT2D eigenvalue weighted by Crippen LogP contribution is 2.26. The largest absolute Gasteiger partial charge is 0.383 e. The third-order valence-corrected chi connectivity index (χ3v) is 2.49. The van der Waals surface area contributed by atoms with Gasteiger partial charge < -0.3 is 15.6 Å². The molecule has 0 aliphatic rings. The molecule has 15 heavy (non-hydrogen) atoms. The van der Waals surface area contributed by atoms with E-state index in [0.717, 1.165) is 0 Å². The summed E-state index contributed by atoms with van der Waals surface area (Å²) in [5.74, 6) is 0. The molecule has 0 fully saturated rings. The second-order valence-electron chi connectivity index (χ2n) is 3.54. The van der Waals surface area contributed by atoms with E-state index in [-0.39, 0.29) is 6.54 Å². The lowest BCUT2D eigenvalue weighted by Gasteiger charge is -2.23. The van der Waals surface area contributed by atoms with Crippen LogP contribution in [0, 0.1) is 0 Å². The van der Waals surface area contributed by atoms with Crippen LogP contribution in [0.4, 0.5) is 0 Å². The standard InChI is InChI=1S/C9H16ClN3O2/c1-9(14,6-11)8-7(10)5-12-13(8)3-4-15-2/h5,14H,3-4,6,11H2,1-2H3. The Morgan fingerprint density at radius 1 is 1.73 bits per heavy atom. The SMILES string of the molecule is COCCn1ncc(Cl)c1C(C)(O)CN. The molecular weight excluding hydrogens is 218 g/mol. The maximum absolute atomic E-state index is 10.0. The van der Waals surface area contributed by atoms with E-state index >= 15 is 0 Å². The fourth-order valence-corrected chi connectivity index (χ4v) is 1.69. The zero-order valence-corrected chi connectivity index (χ0v) is 9.66. The van der Waals surface area contributed by atoms with Crippen molar-refractivity contribution in [3.63, 3.8) is 0 Å². The van der Waals surface area contributed by atoms with Gasteiger partial charge in [0.2, 0.25) is 0 Å². The van der Waals surface area contributed by atoms with E-state index in [1.54, 1.807) is 18.7 Å². The topological polar surface area (TPSA) is 73.3 Å². The van der Waals surface area contributed by atoms with Gasteiger partial charge in [0.15, 0.2) is 0 Å². The second-order valence-corrected chi connectivity index (χ2v) is 3.94. The minimum Gasteiger partial charge on any atom is -0.383 e. The van der Waals surface area contributed by atoms with Crippen molar-refractivity contribution in [2.24, 2.45) is 5.73 Å². The Bertz CT molecular complexity index is 325. The lowest BCUT2D eigenvalue weighted by Crippen LogP contribution is -2.34. The van der Waals surface area contributed by atoms with Crippen molar-refractivity contribution in [1.82, 2.24) is 9.78 Å². The smallest absolute Gasteiger partial charge is 0.117 e. The number of nitrogens with zero attached hydrogens (tertiary/aromatic N) is 2. The molecular formula is C9H16ClN3O2. The number of rotatable bonds is 5. The average Bonchev–Trinajstić information content (AvgIpc) is 2.57. The first-order valence-corrected chi connectivity index (χ1v) is 5.04. The van der Waals surface area contributed by atoms with E-state index < -0.39 is 5.60 Å². The molecule has 0 radical (unpaired) electrons. The van der Waals surface area contributed by atoms with E-state index in [1.165, 1.54) is 6.20 Å². The van der Waals surface area contributed by atoms with Gasteiger partial charge in [-0.2, -0.15) is 5.10 Å². The number of methoxy groups -OCH3 is 1. The van der Waals surface area contributed by atoms with Gasteiger partial charge in [-0.15, -0.1) is 0 Å². The van der Waals surface area contributed by atoms with E-state index in [2.05, 4.69) is 5.10 Å². The molecule has 3 N–H and O–H groups in total. The van der Waals surface area contributed by atoms with Crippen molar-refractivity contribution in [2.75, 3.05) is 20.3 Å². The van der Waals surface area contributed by atoms with Crippen LogP contribution in [0.3, 0.4) is 0 Å². The van der Waals surface area contributed by atoms with Gasteiger partial charge in [0.1, 0.15) is 5.60 Å². The summed E-state index contributed by atoms with van der Waals surface area (Å²) >= 11 is 5.95. The summed E-state index contributed by atoms with van der Waals surface area (Å²) in [4.78, 5) is 0. The Labute approximate surface area is 93.8 Å². The van der Waals surface area contributed by atoms with Crippen molar-refractivity contribution in [3.8, 4) is 0 Å². The Morgan fingerprint density at radius 2 is 2.40 bits per heavy atom. The molecule has 0 spiro atoms. The second kappa shape index (κ2) is 4.94. The van der Waals surface area contributed by atoms with E-state index in [1.807, 2.05) is 0 Å². The number of halogens is 1. The van der Waals surface area contributed by atoms with Gasteiger partial charge in [-0.3, -0.25) is 4.68 Å². The van der Waals surface area contributed by atoms with Gasteiger partial charge in [0.25, 0.3) is 0 Å². The van der Waals surface area contributed by atoms with Gasteiger partial charge in [-0.1, -0.05) is 11.6 Å². The molecule has 1 rings (SSSR count). The van der Waals surface area contributed by atoms with Gasteiger partial charge >= 0.3 is 0 Å². The summed E-state index contributed by atoms with van der Waals surface area (Å²) in [6.07, 6.45) is 1.50. The predicted octanol–water partition coefficient (Wildman–Crippen LogP) is 0.349. The maximum atomic E-state index is 10.0. The molecule has 0 bridgehead atoms. The number of ether oxygens (including phenoxy) is 1. The highest BCUT2D eigenvalue weighted by molar-refractivity contribution is 6.31. The first-order valence-electron chi connectivity index (χ1n) is 4.66. The monoisotopic (exact) mass is 233 g/mol. The van der Waals surface area contributed by atoms with Crippen LogP contribution in [0.25, 0.3) is 0 Å².